The van der Waals surface area contributed by atoms with Crippen LogP contribution in [-0.2, 0) is 4.74 Å². The van der Waals surface area contributed by atoms with E-state index in [1.54, 1.807) is 0 Å². The fourth-order valence-electron chi connectivity index (χ4n) is 2.21. The van der Waals surface area contributed by atoms with Crippen LogP contribution < -0.4 is 0 Å². The fourth-order valence-corrected chi connectivity index (χ4v) is 2.21. The molecule has 4 nitrogen and oxygen atoms in total. The highest BCUT2D eigenvalue weighted by Crippen LogP contribution is 2.10. The first-order valence-electron chi connectivity index (χ1n) is 6.68. The van der Waals surface area contributed by atoms with E-state index < -0.39 is 0 Å². The average Bonchev–Trinajstić information content (AvgIpc) is 2.27. The molecule has 1 fully saturated rings. The third kappa shape index (κ3) is 5.34. The van der Waals surface area contributed by atoms with Gasteiger partial charge in [0.2, 0.25) is 0 Å². The molecule has 0 spiro atoms. The molecule has 0 aromatic heterocycles. The van der Waals surface area contributed by atoms with Crippen LogP contribution in [0.2, 0.25) is 0 Å². The molecule has 1 rings (SSSR count). The molecule has 2 unspecified atom stereocenters. The average molecular weight is 244 g/mol. The summed E-state index contributed by atoms with van der Waals surface area (Å²) in [5.41, 5.74) is 0. The van der Waals surface area contributed by atoms with Gasteiger partial charge in [0.25, 0.3) is 0 Å². The molecule has 4 heteroatoms. The van der Waals surface area contributed by atoms with Crippen molar-refractivity contribution in [3.63, 3.8) is 0 Å². The number of ether oxygens (including phenoxy) is 1. The molecule has 1 aliphatic heterocycles. The van der Waals surface area contributed by atoms with Crippen LogP contribution in [0.3, 0.4) is 0 Å². The van der Waals surface area contributed by atoms with E-state index in [9.17, 15) is 0 Å². The predicted octanol–water partition coefficient (Wildman–Crippen LogP) is 0.656. The monoisotopic (exact) mass is 244 g/mol. The van der Waals surface area contributed by atoms with Crippen LogP contribution >= 0.6 is 0 Å². The van der Waals surface area contributed by atoms with Gasteiger partial charge in [-0.05, 0) is 19.9 Å². The summed E-state index contributed by atoms with van der Waals surface area (Å²) in [7, 11) is 2.05. The number of morpholine rings is 1. The van der Waals surface area contributed by atoms with Crippen LogP contribution in [0.15, 0.2) is 0 Å². The van der Waals surface area contributed by atoms with Gasteiger partial charge >= 0.3 is 0 Å². The number of rotatable bonds is 6. The van der Waals surface area contributed by atoms with Crippen molar-refractivity contribution >= 4 is 0 Å². The van der Waals surface area contributed by atoms with E-state index in [2.05, 4.69) is 23.6 Å². The molecule has 0 aromatic carbocycles. The second-order valence-corrected chi connectivity index (χ2v) is 5.62. The third-order valence-corrected chi connectivity index (χ3v) is 3.35. The van der Waals surface area contributed by atoms with E-state index in [1.807, 2.05) is 14.0 Å². The van der Waals surface area contributed by atoms with Crippen LogP contribution in [-0.4, -0.2) is 73.5 Å². The molecular weight excluding hydrogens is 216 g/mol. The standard InChI is InChI=1S/C13H28N2O2/c1-11(2)7-15-5-6-17-13(9-15)8-14(4)12(3)10-16/h11-13,16H,5-10H2,1-4H3. The van der Waals surface area contributed by atoms with Crippen molar-refractivity contribution in [2.45, 2.75) is 32.9 Å². The highest BCUT2D eigenvalue weighted by Gasteiger charge is 2.23. The topological polar surface area (TPSA) is 35.9 Å². The van der Waals surface area contributed by atoms with Crippen molar-refractivity contribution < 1.29 is 9.84 Å². The lowest BCUT2D eigenvalue weighted by Gasteiger charge is -2.36. The number of aliphatic hydroxyl groups excluding tert-OH is 1. The Labute approximate surface area is 106 Å². The van der Waals surface area contributed by atoms with Crippen LogP contribution in [0.4, 0.5) is 0 Å². The van der Waals surface area contributed by atoms with Crippen molar-refractivity contribution in [2.24, 2.45) is 5.92 Å². The van der Waals surface area contributed by atoms with Crippen molar-refractivity contribution in [1.82, 2.24) is 9.80 Å². The molecular formula is C13H28N2O2. The quantitative estimate of drug-likeness (QED) is 0.744. The van der Waals surface area contributed by atoms with Gasteiger partial charge in [-0.25, -0.2) is 0 Å². The number of hydrogen-bond acceptors (Lipinski definition) is 4. The van der Waals surface area contributed by atoms with Gasteiger partial charge in [-0.15, -0.1) is 0 Å². The Balaban J connectivity index is 2.33. The number of aliphatic hydroxyl groups is 1. The van der Waals surface area contributed by atoms with Gasteiger partial charge in [0.1, 0.15) is 0 Å². The van der Waals surface area contributed by atoms with Crippen molar-refractivity contribution in [3.8, 4) is 0 Å². The summed E-state index contributed by atoms with van der Waals surface area (Å²) in [6.07, 6.45) is 0.279. The molecule has 0 radical (unpaired) electrons. The van der Waals surface area contributed by atoms with Gasteiger partial charge in [-0.1, -0.05) is 13.8 Å². The lowest BCUT2D eigenvalue weighted by molar-refractivity contribution is -0.0489. The van der Waals surface area contributed by atoms with E-state index in [0.717, 1.165) is 32.8 Å². The molecule has 0 saturated carbocycles. The largest absolute Gasteiger partial charge is 0.395 e. The Bertz CT molecular complexity index is 212. The zero-order valence-electron chi connectivity index (χ0n) is 11.7. The highest BCUT2D eigenvalue weighted by molar-refractivity contribution is 4.76. The van der Waals surface area contributed by atoms with Crippen LogP contribution in [0, 0.1) is 5.92 Å². The smallest absolute Gasteiger partial charge is 0.0829 e. The van der Waals surface area contributed by atoms with Gasteiger partial charge in [0.05, 0.1) is 19.3 Å². The van der Waals surface area contributed by atoms with Gasteiger partial charge < -0.3 is 9.84 Å². The Kier molecular flexibility index (Phi) is 6.41. The minimum absolute atomic E-state index is 0.207. The van der Waals surface area contributed by atoms with E-state index in [4.69, 9.17) is 9.84 Å². The minimum atomic E-state index is 0.207. The zero-order chi connectivity index (χ0) is 12.8. The number of likely N-dealkylation sites (N-methyl/N-ethyl adjacent to an activating group) is 1. The maximum absolute atomic E-state index is 9.11. The highest BCUT2D eigenvalue weighted by atomic mass is 16.5. The van der Waals surface area contributed by atoms with Crippen molar-refractivity contribution in [3.05, 3.63) is 0 Å². The van der Waals surface area contributed by atoms with Gasteiger partial charge in [-0.3, -0.25) is 9.80 Å². The Hall–Kier alpha value is -0.160. The molecule has 0 bridgehead atoms. The summed E-state index contributed by atoms with van der Waals surface area (Å²) in [5, 5.41) is 9.11. The fraction of sp³-hybridized carbons (Fsp3) is 1.00. The first-order valence-corrected chi connectivity index (χ1v) is 6.68. The SMILES string of the molecule is CC(C)CN1CCOC(CN(C)C(C)CO)C1. The molecule has 2 atom stereocenters. The van der Waals surface area contributed by atoms with Crippen molar-refractivity contribution in [1.29, 1.82) is 0 Å². The number of hydrogen-bond donors (Lipinski definition) is 1. The predicted molar refractivity (Wildman–Crippen MR) is 70.2 cm³/mol. The van der Waals surface area contributed by atoms with Crippen LogP contribution in [0.5, 0.6) is 0 Å². The second kappa shape index (κ2) is 7.31. The molecule has 1 saturated heterocycles. The first kappa shape index (κ1) is 14.9. The molecule has 1 heterocycles. The Morgan fingerprint density at radius 3 is 2.71 bits per heavy atom. The maximum atomic E-state index is 9.11. The maximum Gasteiger partial charge on any atom is 0.0829 e. The van der Waals surface area contributed by atoms with E-state index in [0.29, 0.717) is 5.92 Å². The summed E-state index contributed by atoms with van der Waals surface area (Å²) >= 11 is 0. The Morgan fingerprint density at radius 1 is 1.41 bits per heavy atom. The lowest BCUT2D eigenvalue weighted by atomic mass is 10.1. The molecule has 1 N–H and O–H groups in total. The molecule has 17 heavy (non-hydrogen) atoms. The molecule has 0 amide bonds. The summed E-state index contributed by atoms with van der Waals surface area (Å²) in [6.45, 7) is 11.7. The molecule has 0 aromatic rings. The van der Waals surface area contributed by atoms with Gasteiger partial charge in [-0.2, -0.15) is 0 Å². The van der Waals surface area contributed by atoms with Gasteiger partial charge in [0, 0.05) is 32.2 Å². The normalized spacial score (nSPS) is 24.5. The molecule has 102 valence electrons. The summed E-state index contributed by atoms with van der Waals surface area (Å²) < 4.78 is 5.79. The third-order valence-electron chi connectivity index (χ3n) is 3.35. The second-order valence-electron chi connectivity index (χ2n) is 5.62. The summed E-state index contributed by atoms with van der Waals surface area (Å²) in [5.74, 6) is 0.711. The molecule has 0 aliphatic carbocycles. The van der Waals surface area contributed by atoms with Crippen LogP contribution in [0.1, 0.15) is 20.8 Å². The van der Waals surface area contributed by atoms with E-state index in [1.165, 1.54) is 0 Å². The van der Waals surface area contributed by atoms with Crippen LogP contribution in [0.25, 0.3) is 0 Å². The zero-order valence-corrected chi connectivity index (χ0v) is 11.7. The van der Waals surface area contributed by atoms with E-state index >= 15 is 0 Å². The van der Waals surface area contributed by atoms with E-state index in [-0.39, 0.29) is 18.8 Å². The minimum Gasteiger partial charge on any atom is -0.395 e. The Morgan fingerprint density at radius 2 is 2.12 bits per heavy atom. The van der Waals surface area contributed by atoms with Crippen molar-refractivity contribution in [2.75, 3.05) is 46.4 Å². The van der Waals surface area contributed by atoms with Gasteiger partial charge in [0.15, 0.2) is 0 Å². The molecule has 1 aliphatic rings. The first-order chi connectivity index (χ1) is 8.02. The lowest BCUT2D eigenvalue weighted by Crippen LogP contribution is -2.49. The summed E-state index contributed by atoms with van der Waals surface area (Å²) in [4.78, 5) is 4.65. The summed E-state index contributed by atoms with van der Waals surface area (Å²) in [6, 6.07) is 0.207. The number of nitrogens with zero attached hydrogens (tertiary/aromatic N) is 2.